The monoisotopic (exact) mass is 211 g/mol. The van der Waals surface area contributed by atoms with Crippen molar-refractivity contribution in [1.82, 2.24) is 0 Å². The zero-order valence-corrected chi connectivity index (χ0v) is 8.20. The summed E-state index contributed by atoms with van der Waals surface area (Å²) >= 11 is 1.49. The fraction of sp³-hybridized carbons (Fsp3) is 0.375. The maximum Gasteiger partial charge on any atom is 0.303 e. The average Bonchev–Trinajstić information content (AvgIpc) is 2.59. The molecule has 0 aromatic carbocycles. The summed E-state index contributed by atoms with van der Waals surface area (Å²) < 4.78 is 0. The summed E-state index contributed by atoms with van der Waals surface area (Å²) in [6, 6.07) is 3.73. The Hall–Kier alpha value is -1.52. The number of hydrogen-bond acceptors (Lipinski definition) is 3. The fourth-order valence-electron chi connectivity index (χ4n) is 0.973. The van der Waals surface area contributed by atoms with E-state index in [4.69, 9.17) is 10.6 Å². The molecule has 0 unspecified atom stereocenters. The Bertz CT molecular complexity index is 368. The van der Waals surface area contributed by atoms with Crippen molar-refractivity contribution in [3.63, 3.8) is 0 Å². The van der Waals surface area contributed by atoms with E-state index in [0.29, 0.717) is 13.0 Å². The molecule has 0 radical (unpaired) electrons. The Balaban J connectivity index is 2.50. The molecule has 14 heavy (non-hydrogen) atoms. The number of carboxylic acids is 1. The van der Waals surface area contributed by atoms with Crippen LogP contribution in [0.1, 0.15) is 16.2 Å². The van der Waals surface area contributed by atoms with E-state index in [1.807, 2.05) is 12.1 Å². The molecule has 74 valence electrons. The van der Waals surface area contributed by atoms with Gasteiger partial charge in [0, 0.05) is 14.7 Å². The van der Waals surface area contributed by atoms with E-state index < -0.39 is 5.97 Å². The van der Waals surface area contributed by atoms with Gasteiger partial charge >= 0.3 is 5.97 Å². The van der Waals surface area contributed by atoms with E-state index in [1.165, 1.54) is 11.3 Å². The van der Waals surface area contributed by atoms with E-state index in [9.17, 15) is 4.79 Å². The van der Waals surface area contributed by atoms with Crippen LogP contribution in [0.4, 0.5) is 0 Å². The van der Waals surface area contributed by atoms with Gasteiger partial charge in [-0.1, -0.05) is 5.11 Å². The van der Waals surface area contributed by atoms with Crippen LogP contribution in [-0.4, -0.2) is 11.1 Å². The van der Waals surface area contributed by atoms with Crippen LogP contribution in [0.2, 0.25) is 0 Å². The zero-order valence-electron chi connectivity index (χ0n) is 7.38. The standard InChI is InChI=1S/C8H9N3O2S/c9-11-10-5-7-2-1-6(14-7)3-4-8(12)13/h1-2H,3-5H2,(H,12,13). The summed E-state index contributed by atoms with van der Waals surface area (Å²) in [5.74, 6) is -0.796. The minimum Gasteiger partial charge on any atom is -0.481 e. The lowest BCUT2D eigenvalue weighted by molar-refractivity contribution is -0.136. The lowest BCUT2D eigenvalue weighted by Crippen LogP contribution is -1.95. The molecular formula is C8H9N3O2S. The summed E-state index contributed by atoms with van der Waals surface area (Å²) in [5.41, 5.74) is 8.10. The molecule has 0 amide bonds. The smallest absolute Gasteiger partial charge is 0.303 e. The van der Waals surface area contributed by atoms with Crippen LogP contribution in [0, 0.1) is 0 Å². The van der Waals surface area contributed by atoms with Crippen molar-refractivity contribution in [3.8, 4) is 0 Å². The second-order valence-corrected chi connectivity index (χ2v) is 3.90. The summed E-state index contributed by atoms with van der Waals surface area (Å²) in [6.07, 6.45) is 0.678. The molecule has 0 spiro atoms. The first-order valence-electron chi connectivity index (χ1n) is 4.02. The third-order valence-corrected chi connectivity index (χ3v) is 2.72. The molecule has 0 aliphatic carbocycles. The van der Waals surface area contributed by atoms with Gasteiger partial charge in [0.2, 0.25) is 0 Å². The molecule has 0 bridgehead atoms. The van der Waals surface area contributed by atoms with Gasteiger partial charge < -0.3 is 5.11 Å². The van der Waals surface area contributed by atoms with Gasteiger partial charge in [0.15, 0.2) is 0 Å². The lowest BCUT2D eigenvalue weighted by Gasteiger charge is -1.91. The van der Waals surface area contributed by atoms with Gasteiger partial charge in [0.25, 0.3) is 0 Å². The molecule has 0 aliphatic heterocycles. The number of rotatable bonds is 5. The van der Waals surface area contributed by atoms with Crippen LogP contribution < -0.4 is 0 Å². The third kappa shape index (κ3) is 3.47. The highest BCUT2D eigenvalue weighted by Crippen LogP contribution is 2.18. The van der Waals surface area contributed by atoms with Crippen LogP contribution in [0.25, 0.3) is 10.4 Å². The van der Waals surface area contributed by atoms with Gasteiger partial charge in [-0.05, 0) is 24.1 Å². The summed E-state index contributed by atoms with van der Waals surface area (Å²) in [5, 5.41) is 11.9. The lowest BCUT2D eigenvalue weighted by atomic mass is 10.3. The number of thiophene rings is 1. The second-order valence-electron chi connectivity index (χ2n) is 2.65. The van der Waals surface area contributed by atoms with E-state index in [2.05, 4.69) is 10.0 Å². The van der Waals surface area contributed by atoms with Crippen molar-refractivity contribution in [1.29, 1.82) is 0 Å². The molecule has 0 saturated heterocycles. The number of carbonyl (C=O) groups is 1. The van der Waals surface area contributed by atoms with Crippen LogP contribution in [0.15, 0.2) is 17.2 Å². The Labute approximate surface area is 84.6 Å². The number of hydrogen-bond donors (Lipinski definition) is 1. The molecule has 5 nitrogen and oxygen atoms in total. The molecule has 1 aromatic rings. The highest BCUT2D eigenvalue weighted by Gasteiger charge is 2.02. The molecule has 0 aliphatic rings. The van der Waals surface area contributed by atoms with Crippen molar-refractivity contribution in [2.75, 3.05) is 0 Å². The normalized spacial score (nSPS) is 9.43. The maximum absolute atomic E-state index is 10.3. The number of aliphatic carboxylic acids is 1. The number of nitrogens with zero attached hydrogens (tertiary/aromatic N) is 3. The first-order chi connectivity index (χ1) is 6.72. The molecule has 6 heteroatoms. The van der Waals surface area contributed by atoms with Gasteiger partial charge in [-0.2, -0.15) is 0 Å². The van der Waals surface area contributed by atoms with Gasteiger partial charge in [0.1, 0.15) is 0 Å². The Morgan fingerprint density at radius 3 is 2.93 bits per heavy atom. The highest BCUT2D eigenvalue weighted by molar-refractivity contribution is 7.11. The molecule has 1 N–H and O–H groups in total. The molecule has 0 saturated carbocycles. The largest absolute Gasteiger partial charge is 0.481 e. The summed E-state index contributed by atoms with van der Waals surface area (Å²) in [6.45, 7) is 0.342. The average molecular weight is 211 g/mol. The predicted octanol–water partition coefficient (Wildman–Crippen LogP) is 2.58. The van der Waals surface area contributed by atoms with Gasteiger partial charge in [0.05, 0.1) is 13.0 Å². The minimum atomic E-state index is -0.796. The van der Waals surface area contributed by atoms with Gasteiger partial charge in [-0.25, -0.2) is 0 Å². The highest BCUT2D eigenvalue weighted by atomic mass is 32.1. The first kappa shape index (κ1) is 10.6. The Morgan fingerprint density at radius 2 is 2.29 bits per heavy atom. The molecular weight excluding hydrogens is 202 g/mol. The number of aryl methyl sites for hydroxylation is 1. The molecule has 0 atom stereocenters. The molecule has 1 rings (SSSR count). The Kier molecular flexibility index (Phi) is 3.97. The quantitative estimate of drug-likeness (QED) is 0.461. The summed E-state index contributed by atoms with van der Waals surface area (Å²) in [7, 11) is 0. The minimum absolute atomic E-state index is 0.140. The topological polar surface area (TPSA) is 86.1 Å². The first-order valence-corrected chi connectivity index (χ1v) is 4.84. The molecule has 1 heterocycles. The van der Waals surface area contributed by atoms with Crippen LogP contribution in [-0.2, 0) is 17.8 Å². The predicted molar refractivity (Wildman–Crippen MR) is 53.1 cm³/mol. The number of carboxylic acid groups (broad SMARTS) is 1. The van der Waals surface area contributed by atoms with Crippen molar-refractivity contribution >= 4 is 17.3 Å². The van der Waals surface area contributed by atoms with Gasteiger partial charge in [-0.3, -0.25) is 4.79 Å². The van der Waals surface area contributed by atoms with E-state index >= 15 is 0 Å². The maximum atomic E-state index is 10.3. The zero-order chi connectivity index (χ0) is 10.4. The number of azide groups is 1. The van der Waals surface area contributed by atoms with E-state index in [1.54, 1.807) is 0 Å². The van der Waals surface area contributed by atoms with Crippen LogP contribution in [0.3, 0.4) is 0 Å². The van der Waals surface area contributed by atoms with Crippen molar-refractivity contribution < 1.29 is 9.90 Å². The van der Waals surface area contributed by atoms with Crippen molar-refractivity contribution in [2.45, 2.75) is 19.4 Å². The van der Waals surface area contributed by atoms with Crippen molar-refractivity contribution in [2.24, 2.45) is 5.11 Å². The summed E-state index contributed by atoms with van der Waals surface area (Å²) in [4.78, 5) is 14.9. The Morgan fingerprint density at radius 1 is 1.57 bits per heavy atom. The third-order valence-electron chi connectivity index (χ3n) is 1.59. The molecule has 1 aromatic heterocycles. The van der Waals surface area contributed by atoms with Crippen LogP contribution >= 0.6 is 11.3 Å². The fourth-order valence-corrected chi connectivity index (χ4v) is 1.91. The van der Waals surface area contributed by atoms with Crippen molar-refractivity contribution in [3.05, 3.63) is 32.3 Å². The van der Waals surface area contributed by atoms with Crippen LogP contribution in [0.5, 0.6) is 0 Å². The SMILES string of the molecule is [N-]=[N+]=NCc1ccc(CCC(=O)O)s1. The van der Waals surface area contributed by atoms with Gasteiger partial charge in [-0.15, -0.1) is 11.3 Å². The van der Waals surface area contributed by atoms with E-state index in [-0.39, 0.29) is 6.42 Å². The second kappa shape index (κ2) is 5.26. The van der Waals surface area contributed by atoms with E-state index in [0.717, 1.165) is 9.75 Å². The molecule has 0 fully saturated rings.